The smallest absolute Gasteiger partial charge is 0.0249 e. The lowest BCUT2D eigenvalue weighted by atomic mass is 10.0. The summed E-state index contributed by atoms with van der Waals surface area (Å²) in [6.07, 6.45) is 14.2. The van der Waals surface area contributed by atoms with Gasteiger partial charge >= 0.3 is 0 Å². The summed E-state index contributed by atoms with van der Waals surface area (Å²) in [5, 5.41) is 3.78. The van der Waals surface area contributed by atoms with Crippen LogP contribution in [0.4, 0.5) is 0 Å². The lowest BCUT2D eigenvalue weighted by Crippen LogP contribution is -2.49. The Bertz CT molecular complexity index is 221. The fraction of sp³-hybridized carbons (Fsp3) is 1.00. The van der Waals surface area contributed by atoms with Crippen molar-refractivity contribution in [3.8, 4) is 0 Å². The third-order valence-corrected chi connectivity index (χ3v) is 5.06. The normalized spacial score (nSPS) is 30.8. The molecule has 0 amide bonds. The van der Waals surface area contributed by atoms with Gasteiger partial charge in [-0.1, -0.05) is 39.0 Å². The zero-order chi connectivity index (χ0) is 12.8. The van der Waals surface area contributed by atoms with E-state index in [-0.39, 0.29) is 0 Å². The van der Waals surface area contributed by atoms with Crippen LogP contribution in [-0.2, 0) is 0 Å². The quantitative estimate of drug-likeness (QED) is 0.753. The van der Waals surface area contributed by atoms with Gasteiger partial charge in [-0.2, -0.15) is 0 Å². The molecular formula is C16H32N2. The van der Waals surface area contributed by atoms with Gasteiger partial charge in [-0.15, -0.1) is 0 Å². The molecule has 0 aromatic heterocycles. The predicted octanol–water partition coefficient (Wildman–Crippen LogP) is 3.56. The molecular weight excluding hydrogens is 220 g/mol. The van der Waals surface area contributed by atoms with E-state index in [1.54, 1.807) is 0 Å². The van der Waals surface area contributed by atoms with Crippen LogP contribution in [0.15, 0.2) is 0 Å². The van der Waals surface area contributed by atoms with Crippen molar-refractivity contribution in [3.05, 3.63) is 0 Å². The lowest BCUT2D eigenvalue weighted by molar-refractivity contribution is 0.139. The molecule has 0 spiro atoms. The van der Waals surface area contributed by atoms with Crippen LogP contribution in [0.5, 0.6) is 0 Å². The summed E-state index contributed by atoms with van der Waals surface area (Å²) >= 11 is 0. The van der Waals surface area contributed by atoms with Crippen molar-refractivity contribution >= 4 is 0 Å². The summed E-state index contributed by atoms with van der Waals surface area (Å²) in [5.74, 6) is 0. The average molecular weight is 252 g/mol. The predicted molar refractivity (Wildman–Crippen MR) is 79.0 cm³/mol. The maximum Gasteiger partial charge on any atom is 0.0249 e. The van der Waals surface area contributed by atoms with E-state index in [4.69, 9.17) is 0 Å². The Morgan fingerprint density at radius 2 is 1.67 bits per heavy atom. The van der Waals surface area contributed by atoms with Crippen LogP contribution in [0, 0.1) is 0 Å². The molecule has 106 valence electrons. The molecule has 2 aliphatic rings. The first kappa shape index (κ1) is 14.3. The van der Waals surface area contributed by atoms with E-state index < -0.39 is 0 Å². The van der Waals surface area contributed by atoms with Crippen molar-refractivity contribution < 1.29 is 0 Å². The second-order valence-corrected chi connectivity index (χ2v) is 6.37. The SMILES string of the molecule is CCCNC1CCCC1N(C)C1CCCCCC1. The molecule has 18 heavy (non-hydrogen) atoms. The number of rotatable bonds is 5. The zero-order valence-electron chi connectivity index (χ0n) is 12.5. The van der Waals surface area contributed by atoms with Crippen molar-refractivity contribution in [2.45, 2.75) is 89.3 Å². The Kier molecular flexibility index (Phi) is 5.97. The van der Waals surface area contributed by atoms with Crippen molar-refractivity contribution in [1.82, 2.24) is 10.2 Å². The molecule has 0 aromatic rings. The van der Waals surface area contributed by atoms with Crippen LogP contribution < -0.4 is 5.32 Å². The van der Waals surface area contributed by atoms with Gasteiger partial charge in [0.15, 0.2) is 0 Å². The third-order valence-electron chi connectivity index (χ3n) is 5.06. The number of hydrogen-bond donors (Lipinski definition) is 1. The van der Waals surface area contributed by atoms with Crippen molar-refractivity contribution in [1.29, 1.82) is 0 Å². The zero-order valence-corrected chi connectivity index (χ0v) is 12.5. The van der Waals surface area contributed by atoms with Crippen LogP contribution in [0.1, 0.15) is 71.1 Å². The van der Waals surface area contributed by atoms with E-state index in [1.165, 1.54) is 70.8 Å². The van der Waals surface area contributed by atoms with Crippen LogP contribution in [0.25, 0.3) is 0 Å². The van der Waals surface area contributed by atoms with E-state index >= 15 is 0 Å². The molecule has 2 nitrogen and oxygen atoms in total. The number of nitrogens with zero attached hydrogens (tertiary/aromatic N) is 1. The minimum Gasteiger partial charge on any atom is -0.312 e. The second kappa shape index (κ2) is 7.49. The van der Waals surface area contributed by atoms with Gasteiger partial charge in [0.1, 0.15) is 0 Å². The van der Waals surface area contributed by atoms with Crippen LogP contribution in [-0.4, -0.2) is 36.6 Å². The summed E-state index contributed by atoms with van der Waals surface area (Å²) in [7, 11) is 2.40. The van der Waals surface area contributed by atoms with Crippen LogP contribution >= 0.6 is 0 Å². The van der Waals surface area contributed by atoms with Gasteiger partial charge in [0, 0.05) is 18.1 Å². The maximum atomic E-state index is 3.78. The monoisotopic (exact) mass is 252 g/mol. The lowest BCUT2D eigenvalue weighted by Gasteiger charge is -2.36. The molecule has 2 unspecified atom stereocenters. The maximum absolute atomic E-state index is 3.78. The van der Waals surface area contributed by atoms with Gasteiger partial charge in [-0.05, 0) is 45.7 Å². The minimum absolute atomic E-state index is 0.762. The summed E-state index contributed by atoms with van der Waals surface area (Å²) in [6, 6.07) is 2.43. The Balaban J connectivity index is 1.87. The van der Waals surface area contributed by atoms with Gasteiger partial charge < -0.3 is 5.32 Å². The molecule has 2 saturated carbocycles. The van der Waals surface area contributed by atoms with Gasteiger partial charge in [-0.3, -0.25) is 4.90 Å². The molecule has 2 aliphatic carbocycles. The van der Waals surface area contributed by atoms with Crippen LogP contribution in [0.2, 0.25) is 0 Å². The van der Waals surface area contributed by atoms with Crippen molar-refractivity contribution in [2.75, 3.05) is 13.6 Å². The van der Waals surface area contributed by atoms with Gasteiger partial charge in [-0.25, -0.2) is 0 Å². The highest BCUT2D eigenvalue weighted by Crippen LogP contribution is 2.29. The Hall–Kier alpha value is -0.0800. The molecule has 0 bridgehead atoms. The first-order valence-electron chi connectivity index (χ1n) is 8.28. The summed E-state index contributed by atoms with van der Waals surface area (Å²) in [4.78, 5) is 2.74. The Morgan fingerprint density at radius 3 is 2.33 bits per heavy atom. The molecule has 0 aromatic carbocycles. The molecule has 0 saturated heterocycles. The number of likely N-dealkylation sites (N-methyl/N-ethyl adjacent to an activating group) is 1. The molecule has 2 heteroatoms. The highest BCUT2D eigenvalue weighted by molar-refractivity contribution is 4.91. The Labute approximate surface area is 114 Å². The molecule has 2 atom stereocenters. The molecule has 0 aliphatic heterocycles. The van der Waals surface area contributed by atoms with E-state index in [9.17, 15) is 0 Å². The molecule has 0 heterocycles. The number of hydrogen-bond acceptors (Lipinski definition) is 2. The van der Waals surface area contributed by atoms with E-state index in [2.05, 4.69) is 24.2 Å². The molecule has 1 N–H and O–H groups in total. The largest absolute Gasteiger partial charge is 0.312 e. The highest BCUT2D eigenvalue weighted by Gasteiger charge is 2.33. The van der Waals surface area contributed by atoms with Gasteiger partial charge in [0.2, 0.25) is 0 Å². The average Bonchev–Trinajstić information content (AvgIpc) is 2.68. The summed E-state index contributed by atoms with van der Waals surface area (Å²) in [5.41, 5.74) is 0. The molecule has 0 radical (unpaired) electrons. The van der Waals surface area contributed by atoms with Crippen molar-refractivity contribution in [3.63, 3.8) is 0 Å². The standard InChI is InChI=1S/C16H32N2/c1-3-13-17-15-11-8-12-16(15)18(2)14-9-6-4-5-7-10-14/h14-17H,3-13H2,1-2H3. The first-order valence-corrected chi connectivity index (χ1v) is 8.28. The van der Waals surface area contributed by atoms with Gasteiger partial charge in [0.05, 0.1) is 0 Å². The minimum atomic E-state index is 0.762. The topological polar surface area (TPSA) is 15.3 Å². The van der Waals surface area contributed by atoms with Crippen molar-refractivity contribution in [2.24, 2.45) is 0 Å². The van der Waals surface area contributed by atoms with Gasteiger partial charge in [0.25, 0.3) is 0 Å². The van der Waals surface area contributed by atoms with E-state index in [0.29, 0.717) is 0 Å². The molecule has 2 rings (SSSR count). The summed E-state index contributed by atoms with van der Waals surface area (Å²) in [6.45, 7) is 3.46. The first-order chi connectivity index (χ1) is 8.83. The van der Waals surface area contributed by atoms with Crippen LogP contribution in [0.3, 0.4) is 0 Å². The fourth-order valence-corrected chi connectivity index (χ4v) is 3.93. The summed E-state index contributed by atoms with van der Waals surface area (Å²) < 4.78 is 0. The van der Waals surface area contributed by atoms with E-state index in [0.717, 1.165) is 18.1 Å². The second-order valence-electron chi connectivity index (χ2n) is 6.37. The third kappa shape index (κ3) is 3.71. The van der Waals surface area contributed by atoms with E-state index in [1.807, 2.05) is 0 Å². The Morgan fingerprint density at radius 1 is 0.944 bits per heavy atom. The highest BCUT2D eigenvalue weighted by atomic mass is 15.2. The number of nitrogens with one attached hydrogen (secondary N) is 1. The fourth-order valence-electron chi connectivity index (χ4n) is 3.93. The molecule has 2 fully saturated rings.